The van der Waals surface area contributed by atoms with E-state index in [1.807, 2.05) is 13.8 Å². The summed E-state index contributed by atoms with van der Waals surface area (Å²) >= 11 is 0. The van der Waals surface area contributed by atoms with Crippen LogP contribution >= 0.6 is 0 Å². The van der Waals surface area contributed by atoms with Gasteiger partial charge in [-0.2, -0.15) is 0 Å². The van der Waals surface area contributed by atoms with Crippen molar-refractivity contribution in [3.63, 3.8) is 0 Å². The van der Waals surface area contributed by atoms with Crippen LogP contribution in [-0.2, 0) is 4.79 Å². The molecule has 0 aliphatic carbocycles. The monoisotopic (exact) mass is 132 g/mol. The molecule has 0 saturated carbocycles. The smallest absolute Gasteiger partial charge is 0.155 e. The third-order valence-corrected chi connectivity index (χ3v) is 0.402. The zero-order valence-electron chi connectivity index (χ0n) is 6.36. The molecule has 0 rings (SSSR count). The number of halogens is 1. The molecule has 2 heteroatoms. The molecular weight excluding hydrogens is 119 g/mol. The Morgan fingerprint density at radius 2 is 1.67 bits per heavy atom. The van der Waals surface area contributed by atoms with E-state index in [0.717, 1.165) is 6.08 Å². The molecule has 0 aromatic carbocycles. The highest BCUT2D eigenvalue weighted by molar-refractivity contribution is 5.87. The fourth-order valence-electron chi connectivity index (χ4n) is 0.280. The van der Waals surface area contributed by atoms with Crippen LogP contribution in [0.1, 0.15) is 27.7 Å². The lowest BCUT2D eigenvalue weighted by Gasteiger charge is -1.76. The van der Waals surface area contributed by atoms with Gasteiger partial charge in [0.05, 0.1) is 0 Å². The molecule has 0 fully saturated rings. The molecule has 0 aromatic rings. The summed E-state index contributed by atoms with van der Waals surface area (Å²) in [7, 11) is 0. The zero-order chi connectivity index (χ0) is 7.86. The molecule has 0 N–H and O–H groups in total. The quantitative estimate of drug-likeness (QED) is 0.501. The molecule has 0 aliphatic rings. The summed E-state index contributed by atoms with van der Waals surface area (Å²) in [5, 5.41) is 0. The summed E-state index contributed by atoms with van der Waals surface area (Å²) < 4.78 is 11.6. The Balaban J connectivity index is 0. The first-order valence-electron chi connectivity index (χ1n) is 2.97. The summed E-state index contributed by atoms with van der Waals surface area (Å²) in [5.74, 6) is -0.687. The Bertz CT molecular complexity index is 101. The van der Waals surface area contributed by atoms with Crippen LogP contribution in [-0.4, -0.2) is 5.78 Å². The molecule has 54 valence electrons. The molecule has 0 heterocycles. The Morgan fingerprint density at radius 1 is 1.33 bits per heavy atom. The summed E-state index contributed by atoms with van der Waals surface area (Å²) in [5.41, 5.74) is 0. The van der Waals surface area contributed by atoms with Crippen LogP contribution in [0, 0.1) is 0 Å². The van der Waals surface area contributed by atoms with E-state index in [1.54, 1.807) is 0 Å². The molecule has 1 nitrogen and oxygen atoms in total. The standard InChI is InChI=1S/C5H7FO.C2H6/c1-4(6)3-5(2)7;1-2/h3H,1-2H3;1-2H3/b4-3-;. The second kappa shape index (κ2) is 7.34. The first-order chi connectivity index (χ1) is 4.13. The van der Waals surface area contributed by atoms with Gasteiger partial charge in [-0.05, 0) is 13.8 Å². The van der Waals surface area contributed by atoms with Crippen LogP contribution in [0.4, 0.5) is 4.39 Å². The van der Waals surface area contributed by atoms with E-state index in [4.69, 9.17) is 0 Å². The number of ketones is 1. The van der Waals surface area contributed by atoms with Crippen LogP contribution in [0.3, 0.4) is 0 Å². The predicted molar refractivity (Wildman–Crippen MR) is 36.9 cm³/mol. The molecule has 0 atom stereocenters. The summed E-state index contributed by atoms with van der Waals surface area (Å²) in [6.07, 6.45) is 0.944. The molecular formula is C7H13FO. The summed E-state index contributed by atoms with van der Waals surface area (Å²) in [4.78, 5) is 9.94. The SMILES string of the molecule is CC.CC(=O)/C=C(/C)F. The van der Waals surface area contributed by atoms with E-state index >= 15 is 0 Å². The lowest BCUT2D eigenvalue weighted by molar-refractivity contribution is -0.112. The van der Waals surface area contributed by atoms with Gasteiger partial charge in [0.2, 0.25) is 0 Å². The second-order valence-electron chi connectivity index (χ2n) is 1.34. The molecule has 0 radical (unpaired) electrons. The van der Waals surface area contributed by atoms with Gasteiger partial charge in [-0.3, -0.25) is 4.79 Å². The highest BCUT2D eigenvalue weighted by Crippen LogP contribution is 1.90. The molecule has 0 amide bonds. The molecule has 0 saturated heterocycles. The molecule has 0 bridgehead atoms. The highest BCUT2D eigenvalue weighted by Gasteiger charge is 1.84. The van der Waals surface area contributed by atoms with E-state index in [1.165, 1.54) is 13.8 Å². The lowest BCUT2D eigenvalue weighted by atomic mass is 10.4. The third kappa shape index (κ3) is 18.8. The Hall–Kier alpha value is -0.660. The summed E-state index contributed by atoms with van der Waals surface area (Å²) in [6, 6.07) is 0. The Labute approximate surface area is 55.6 Å². The van der Waals surface area contributed by atoms with Crippen molar-refractivity contribution < 1.29 is 9.18 Å². The van der Waals surface area contributed by atoms with Crippen LogP contribution in [0.2, 0.25) is 0 Å². The fraction of sp³-hybridized carbons (Fsp3) is 0.571. The average Bonchev–Trinajstić information content (AvgIpc) is 1.68. The van der Waals surface area contributed by atoms with Gasteiger partial charge in [0.15, 0.2) is 5.78 Å². The molecule has 0 aromatic heterocycles. The van der Waals surface area contributed by atoms with Gasteiger partial charge in [0.1, 0.15) is 5.83 Å². The Kier molecular flexibility index (Phi) is 9.12. The van der Waals surface area contributed by atoms with E-state index in [2.05, 4.69) is 0 Å². The van der Waals surface area contributed by atoms with E-state index in [9.17, 15) is 9.18 Å². The minimum atomic E-state index is -0.437. The zero-order valence-corrected chi connectivity index (χ0v) is 6.36. The largest absolute Gasteiger partial charge is 0.295 e. The maximum atomic E-state index is 11.6. The van der Waals surface area contributed by atoms with Crippen LogP contribution in [0.5, 0.6) is 0 Å². The third-order valence-electron chi connectivity index (χ3n) is 0.402. The topological polar surface area (TPSA) is 17.1 Å². The van der Waals surface area contributed by atoms with Crippen molar-refractivity contribution in [1.29, 1.82) is 0 Å². The molecule has 9 heavy (non-hydrogen) atoms. The van der Waals surface area contributed by atoms with Crippen LogP contribution in [0.15, 0.2) is 11.9 Å². The van der Waals surface area contributed by atoms with Crippen molar-refractivity contribution in [3.05, 3.63) is 11.9 Å². The minimum Gasteiger partial charge on any atom is -0.295 e. The van der Waals surface area contributed by atoms with Crippen molar-refractivity contribution in [2.45, 2.75) is 27.7 Å². The number of carbonyl (C=O) groups is 1. The number of rotatable bonds is 1. The van der Waals surface area contributed by atoms with Gasteiger partial charge in [0, 0.05) is 6.08 Å². The van der Waals surface area contributed by atoms with E-state index in [0.29, 0.717) is 0 Å². The summed E-state index contributed by atoms with van der Waals surface area (Å²) in [6.45, 7) is 6.55. The van der Waals surface area contributed by atoms with Gasteiger partial charge >= 0.3 is 0 Å². The normalized spacial score (nSPS) is 9.67. The van der Waals surface area contributed by atoms with Gasteiger partial charge < -0.3 is 0 Å². The van der Waals surface area contributed by atoms with E-state index in [-0.39, 0.29) is 5.78 Å². The van der Waals surface area contributed by atoms with Crippen molar-refractivity contribution in [1.82, 2.24) is 0 Å². The van der Waals surface area contributed by atoms with Crippen LogP contribution in [0.25, 0.3) is 0 Å². The fourth-order valence-corrected chi connectivity index (χ4v) is 0.280. The number of carbonyl (C=O) groups excluding carboxylic acids is 1. The number of hydrogen-bond acceptors (Lipinski definition) is 1. The second-order valence-corrected chi connectivity index (χ2v) is 1.34. The first-order valence-corrected chi connectivity index (χ1v) is 2.97. The maximum absolute atomic E-state index is 11.6. The van der Waals surface area contributed by atoms with Crippen molar-refractivity contribution in [2.24, 2.45) is 0 Å². The molecule has 0 spiro atoms. The van der Waals surface area contributed by atoms with Gasteiger partial charge in [-0.1, -0.05) is 13.8 Å². The molecule has 0 unspecified atom stereocenters. The van der Waals surface area contributed by atoms with Gasteiger partial charge in [-0.15, -0.1) is 0 Å². The molecule has 0 aliphatic heterocycles. The van der Waals surface area contributed by atoms with Gasteiger partial charge in [-0.25, -0.2) is 4.39 Å². The first kappa shape index (κ1) is 11.2. The van der Waals surface area contributed by atoms with E-state index < -0.39 is 5.83 Å². The number of hydrogen-bond donors (Lipinski definition) is 0. The van der Waals surface area contributed by atoms with Gasteiger partial charge in [0.25, 0.3) is 0 Å². The minimum absolute atomic E-state index is 0.250. The van der Waals surface area contributed by atoms with Crippen molar-refractivity contribution >= 4 is 5.78 Å². The van der Waals surface area contributed by atoms with Crippen LogP contribution < -0.4 is 0 Å². The predicted octanol–water partition coefficient (Wildman–Crippen LogP) is 2.47. The maximum Gasteiger partial charge on any atom is 0.155 e. The highest BCUT2D eigenvalue weighted by atomic mass is 19.1. The number of allylic oxidation sites excluding steroid dienone is 2. The lowest BCUT2D eigenvalue weighted by Crippen LogP contribution is -1.79. The van der Waals surface area contributed by atoms with Crippen molar-refractivity contribution in [2.75, 3.05) is 0 Å². The van der Waals surface area contributed by atoms with Crippen molar-refractivity contribution in [3.8, 4) is 0 Å². The Morgan fingerprint density at radius 3 is 1.67 bits per heavy atom. The average molecular weight is 132 g/mol.